The highest BCUT2D eigenvalue weighted by molar-refractivity contribution is 5.56. The van der Waals surface area contributed by atoms with Crippen LogP contribution in [0.25, 0.3) is 0 Å². The third-order valence-corrected chi connectivity index (χ3v) is 4.23. The maximum absolute atomic E-state index is 6.14. The zero-order valence-corrected chi connectivity index (χ0v) is 12.0. The van der Waals surface area contributed by atoms with Crippen molar-refractivity contribution in [2.24, 2.45) is 0 Å². The highest BCUT2D eigenvalue weighted by Gasteiger charge is 2.25. The molecule has 0 radical (unpaired) electrons. The summed E-state index contributed by atoms with van der Waals surface area (Å²) in [5.41, 5.74) is 2.69. The highest BCUT2D eigenvalue weighted by atomic mass is 16.5. The van der Waals surface area contributed by atoms with Gasteiger partial charge in [0.05, 0.1) is 0 Å². The molecule has 2 aliphatic rings. The van der Waals surface area contributed by atoms with E-state index in [-0.39, 0.29) is 0 Å². The number of rotatable bonds is 3. The fourth-order valence-corrected chi connectivity index (χ4v) is 3.02. The van der Waals surface area contributed by atoms with E-state index in [4.69, 9.17) is 4.74 Å². The minimum Gasteiger partial charge on any atom is -0.489 e. The maximum Gasteiger partial charge on any atom is 0.121 e. The Morgan fingerprint density at radius 1 is 1.37 bits per heavy atom. The van der Waals surface area contributed by atoms with Crippen LogP contribution in [0.5, 0.6) is 5.75 Å². The van der Waals surface area contributed by atoms with Gasteiger partial charge < -0.3 is 10.1 Å². The van der Waals surface area contributed by atoms with Gasteiger partial charge in [0.15, 0.2) is 0 Å². The first kappa shape index (κ1) is 12.8. The fourth-order valence-electron chi connectivity index (χ4n) is 3.02. The molecule has 104 valence electrons. The lowest BCUT2D eigenvalue weighted by atomic mass is 10.0. The number of aryl methyl sites for hydroxylation is 1. The van der Waals surface area contributed by atoms with E-state index < -0.39 is 0 Å². The van der Waals surface area contributed by atoms with Gasteiger partial charge in [0.25, 0.3) is 0 Å². The molecule has 1 aromatic carbocycles. The molecule has 1 saturated heterocycles. The fraction of sp³-hybridized carbons (Fsp3) is 0.625. The Hall–Kier alpha value is -1.22. The number of anilines is 1. The molecule has 1 fully saturated rings. The number of nitrogens with one attached hydrogen (secondary N) is 1. The van der Waals surface area contributed by atoms with Crippen molar-refractivity contribution in [2.75, 3.05) is 25.0 Å². The predicted octanol–water partition coefficient (Wildman–Crippen LogP) is 2.91. The number of likely N-dealkylation sites (tertiary alicyclic amines) is 1. The van der Waals surface area contributed by atoms with Crippen molar-refractivity contribution < 1.29 is 4.74 Å². The molecule has 1 atom stereocenters. The molecule has 0 bridgehead atoms. The van der Waals surface area contributed by atoms with Crippen LogP contribution in [0.15, 0.2) is 18.2 Å². The second-order valence-corrected chi connectivity index (χ2v) is 5.97. The van der Waals surface area contributed by atoms with E-state index in [0.717, 1.165) is 31.8 Å². The molecular weight excluding hydrogens is 236 g/mol. The van der Waals surface area contributed by atoms with Crippen LogP contribution in [0.4, 0.5) is 5.69 Å². The monoisotopic (exact) mass is 260 g/mol. The lowest BCUT2D eigenvalue weighted by molar-refractivity contribution is 0.187. The highest BCUT2D eigenvalue weighted by Crippen LogP contribution is 2.28. The number of nitrogens with zero attached hydrogens (tertiary/aromatic N) is 1. The summed E-state index contributed by atoms with van der Waals surface area (Å²) >= 11 is 0. The second-order valence-electron chi connectivity index (χ2n) is 5.97. The third-order valence-electron chi connectivity index (χ3n) is 4.23. The normalized spacial score (nSPS) is 23.2. The smallest absolute Gasteiger partial charge is 0.121 e. The molecule has 2 heterocycles. The van der Waals surface area contributed by atoms with Crippen LogP contribution in [-0.4, -0.2) is 36.7 Å². The first-order valence-electron chi connectivity index (χ1n) is 7.50. The van der Waals surface area contributed by atoms with Crippen molar-refractivity contribution in [2.45, 2.75) is 45.3 Å². The summed E-state index contributed by atoms with van der Waals surface area (Å²) in [6.45, 7) is 7.81. The van der Waals surface area contributed by atoms with Gasteiger partial charge in [-0.2, -0.15) is 0 Å². The van der Waals surface area contributed by atoms with Crippen LogP contribution < -0.4 is 10.1 Å². The molecule has 3 heteroatoms. The van der Waals surface area contributed by atoms with Crippen molar-refractivity contribution in [1.82, 2.24) is 4.90 Å². The lowest BCUT2D eigenvalue weighted by Gasteiger charge is -2.22. The summed E-state index contributed by atoms with van der Waals surface area (Å²) in [6, 6.07) is 7.14. The van der Waals surface area contributed by atoms with E-state index in [1.165, 1.54) is 24.1 Å². The van der Waals surface area contributed by atoms with Crippen molar-refractivity contribution in [1.29, 1.82) is 0 Å². The topological polar surface area (TPSA) is 24.5 Å². The molecule has 1 unspecified atom stereocenters. The molecule has 0 aliphatic carbocycles. The van der Waals surface area contributed by atoms with Gasteiger partial charge in [0.1, 0.15) is 11.9 Å². The first-order valence-corrected chi connectivity index (χ1v) is 7.50. The molecule has 2 aliphatic heterocycles. The van der Waals surface area contributed by atoms with Gasteiger partial charge in [0.2, 0.25) is 0 Å². The van der Waals surface area contributed by atoms with E-state index in [1.807, 2.05) is 0 Å². The minimum atomic E-state index is 0.351. The van der Waals surface area contributed by atoms with Gasteiger partial charge in [-0.1, -0.05) is 6.07 Å². The van der Waals surface area contributed by atoms with Gasteiger partial charge in [0, 0.05) is 37.4 Å². The average molecular weight is 260 g/mol. The van der Waals surface area contributed by atoms with Crippen LogP contribution in [0.3, 0.4) is 0 Å². The Balaban J connectivity index is 1.64. The lowest BCUT2D eigenvalue weighted by Crippen LogP contribution is -2.30. The van der Waals surface area contributed by atoms with Crippen LogP contribution in [0.2, 0.25) is 0 Å². The van der Waals surface area contributed by atoms with E-state index in [0.29, 0.717) is 12.1 Å². The Bertz CT molecular complexity index is 444. The predicted molar refractivity (Wildman–Crippen MR) is 79.0 cm³/mol. The molecule has 19 heavy (non-hydrogen) atoms. The van der Waals surface area contributed by atoms with Crippen molar-refractivity contribution in [3.63, 3.8) is 0 Å². The molecule has 3 rings (SSSR count). The van der Waals surface area contributed by atoms with Crippen LogP contribution in [-0.2, 0) is 6.42 Å². The van der Waals surface area contributed by atoms with Crippen molar-refractivity contribution in [3.05, 3.63) is 23.8 Å². The summed E-state index contributed by atoms with van der Waals surface area (Å²) in [4.78, 5) is 2.49. The molecule has 0 saturated carbocycles. The number of ether oxygens (including phenoxy) is 1. The van der Waals surface area contributed by atoms with Gasteiger partial charge in [-0.25, -0.2) is 0 Å². The number of hydrogen-bond donors (Lipinski definition) is 1. The van der Waals surface area contributed by atoms with Crippen LogP contribution >= 0.6 is 0 Å². The van der Waals surface area contributed by atoms with Gasteiger partial charge >= 0.3 is 0 Å². The molecule has 0 aromatic heterocycles. The van der Waals surface area contributed by atoms with Gasteiger partial charge in [-0.3, -0.25) is 4.90 Å². The zero-order chi connectivity index (χ0) is 13.2. The Kier molecular flexibility index (Phi) is 3.65. The van der Waals surface area contributed by atoms with Gasteiger partial charge in [-0.05, 0) is 44.7 Å². The number of benzene rings is 1. The molecule has 3 nitrogen and oxygen atoms in total. The van der Waals surface area contributed by atoms with Crippen molar-refractivity contribution >= 4 is 5.69 Å². The zero-order valence-electron chi connectivity index (χ0n) is 12.0. The van der Waals surface area contributed by atoms with E-state index in [2.05, 4.69) is 42.3 Å². The summed E-state index contributed by atoms with van der Waals surface area (Å²) < 4.78 is 6.14. The Morgan fingerprint density at radius 2 is 2.26 bits per heavy atom. The maximum atomic E-state index is 6.14. The number of hydrogen-bond acceptors (Lipinski definition) is 3. The molecule has 0 amide bonds. The second kappa shape index (κ2) is 5.41. The first-order chi connectivity index (χ1) is 9.22. The number of fused-ring (bicyclic) bond motifs is 1. The standard InChI is InChI=1S/C16H24N2O/c1-12(2)18-9-7-15(11-18)19-14-6-5-13-4-3-8-17-16(13)10-14/h5-6,10,12,15,17H,3-4,7-9,11H2,1-2H3. The summed E-state index contributed by atoms with van der Waals surface area (Å²) in [5, 5.41) is 3.46. The quantitative estimate of drug-likeness (QED) is 0.904. The van der Waals surface area contributed by atoms with E-state index >= 15 is 0 Å². The minimum absolute atomic E-state index is 0.351. The Labute approximate surface area is 115 Å². The third kappa shape index (κ3) is 2.86. The summed E-state index contributed by atoms with van der Waals surface area (Å²) in [6.07, 6.45) is 3.92. The SMILES string of the molecule is CC(C)N1CCC(Oc2ccc3c(c2)NCCC3)C1. The molecule has 1 aromatic rings. The Morgan fingerprint density at radius 3 is 3.05 bits per heavy atom. The van der Waals surface area contributed by atoms with Gasteiger partial charge in [-0.15, -0.1) is 0 Å². The molecule has 1 N–H and O–H groups in total. The molecule has 0 spiro atoms. The van der Waals surface area contributed by atoms with Crippen LogP contribution in [0.1, 0.15) is 32.3 Å². The largest absolute Gasteiger partial charge is 0.489 e. The van der Waals surface area contributed by atoms with E-state index in [1.54, 1.807) is 0 Å². The summed E-state index contributed by atoms with van der Waals surface area (Å²) in [5.74, 6) is 1.02. The average Bonchev–Trinajstić information content (AvgIpc) is 2.87. The summed E-state index contributed by atoms with van der Waals surface area (Å²) in [7, 11) is 0. The molecular formula is C16H24N2O. The van der Waals surface area contributed by atoms with Crippen LogP contribution in [0, 0.1) is 0 Å². The van der Waals surface area contributed by atoms with Crippen molar-refractivity contribution in [3.8, 4) is 5.75 Å². The van der Waals surface area contributed by atoms with E-state index in [9.17, 15) is 0 Å².